The molecular formula is C25H18F7N3O. The molecule has 0 bridgehead atoms. The second kappa shape index (κ2) is 10.3. The fourth-order valence-electron chi connectivity index (χ4n) is 3.01. The van der Waals surface area contributed by atoms with Gasteiger partial charge in [-0.1, -0.05) is 72.8 Å². The number of hydrogen-bond donors (Lipinski definition) is 1. The van der Waals surface area contributed by atoms with Crippen LogP contribution in [0.5, 0.6) is 0 Å². The monoisotopic (exact) mass is 509 g/mol. The normalized spacial score (nSPS) is 12.7. The maximum absolute atomic E-state index is 13.6. The number of alkyl halides is 7. The van der Waals surface area contributed by atoms with E-state index in [2.05, 4.69) is 10.2 Å². The predicted molar refractivity (Wildman–Crippen MR) is 122 cm³/mol. The van der Waals surface area contributed by atoms with Crippen molar-refractivity contribution in [2.24, 2.45) is 10.2 Å². The average Bonchev–Trinajstić information content (AvgIpc) is 2.84. The minimum atomic E-state index is -6.62. The van der Waals surface area contributed by atoms with Crippen LogP contribution in [0.1, 0.15) is 23.6 Å². The van der Waals surface area contributed by atoms with Gasteiger partial charge in [0.05, 0.1) is 5.71 Å². The van der Waals surface area contributed by atoms with Crippen molar-refractivity contribution in [2.75, 3.05) is 5.32 Å². The highest BCUT2D eigenvalue weighted by Gasteiger charge is 2.76. The molecular weight excluding hydrogens is 491 g/mol. The third-order valence-electron chi connectivity index (χ3n) is 4.97. The molecule has 0 aliphatic rings. The van der Waals surface area contributed by atoms with Crippen LogP contribution in [0.25, 0.3) is 0 Å². The maximum Gasteiger partial charge on any atom is 0.460 e. The molecule has 0 atom stereocenters. The van der Waals surface area contributed by atoms with Crippen molar-refractivity contribution in [3.05, 3.63) is 102 Å². The summed E-state index contributed by atoms with van der Waals surface area (Å²) in [6, 6.07) is 23.1. The van der Waals surface area contributed by atoms with Gasteiger partial charge in [-0.05, 0) is 24.6 Å². The Hall–Kier alpha value is -4.02. The zero-order valence-corrected chi connectivity index (χ0v) is 18.5. The Balaban J connectivity index is 1.89. The van der Waals surface area contributed by atoms with Crippen LogP contribution in [-0.4, -0.2) is 35.4 Å². The molecule has 0 fully saturated rings. The first kappa shape index (κ1) is 26.6. The van der Waals surface area contributed by atoms with E-state index in [-0.39, 0.29) is 11.3 Å². The van der Waals surface area contributed by atoms with E-state index >= 15 is 0 Å². The molecule has 0 saturated carbocycles. The second-order valence-corrected chi connectivity index (χ2v) is 7.55. The SMILES string of the molecule is C/C(=N/N=C(c1ccccc1)c1ccccc1)c1cccc(NC(=O)C(F)(F)C(F)(F)C(F)(F)F)c1. The zero-order valence-electron chi connectivity index (χ0n) is 18.5. The van der Waals surface area contributed by atoms with E-state index < -0.39 is 29.6 Å². The average molecular weight is 509 g/mol. The molecule has 0 unspecified atom stereocenters. The Morgan fingerprint density at radius 2 is 1.19 bits per heavy atom. The van der Waals surface area contributed by atoms with Crippen LogP contribution in [0, 0.1) is 0 Å². The molecule has 3 rings (SSSR count). The van der Waals surface area contributed by atoms with Gasteiger partial charge in [-0.25, -0.2) is 0 Å². The molecule has 11 heteroatoms. The summed E-state index contributed by atoms with van der Waals surface area (Å²) in [5.74, 6) is -15.4. The Labute approximate surface area is 201 Å². The maximum atomic E-state index is 13.6. The van der Waals surface area contributed by atoms with E-state index in [0.29, 0.717) is 5.71 Å². The summed E-state index contributed by atoms with van der Waals surface area (Å²) >= 11 is 0. The molecule has 1 N–H and O–H groups in total. The first-order valence-electron chi connectivity index (χ1n) is 10.3. The Morgan fingerprint density at radius 1 is 0.694 bits per heavy atom. The molecule has 3 aromatic rings. The van der Waals surface area contributed by atoms with Crippen LogP contribution in [0.4, 0.5) is 36.4 Å². The summed E-state index contributed by atoms with van der Waals surface area (Å²) in [4.78, 5) is 11.6. The molecule has 36 heavy (non-hydrogen) atoms. The number of rotatable bonds is 7. The van der Waals surface area contributed by atoms with Crippen LogP contribution in [-0.2, 0) is 4.79 Å². The number of benzene rings is 3. The van der Waals surface area contributed by atoms with Crippen molar-refractivity contribution >= 4 is 23.0 Å². The number of halogens is 7. The number of nitrogens with one attached hydrogen (secondary N) is 1. The summed E-state index contributed by atoms with van der Waals surface area (Å²) in [7, 11) is 0. The smallest absolute Gasteiger partial charge is 0.321 e. The lowest BCUT2D eigenvalue weighted by Gasteiger charge is -2.27. The van der Waals surface area contributed by atoms with E-state index in [1.165, 1.54) is 24.4 Å². The van der Waals surface area contributed by atoms with E-state index in [4.69, 9.17) is 0 Å². The fourth-order valence-corrected chi connectivity index (χ4v) is 3.01. The highest BCUT2D eigenvalue weighted by Crippen LogP contribution is 2.46. The lowest BCUT2D eigenvalue weighted by molar-refractivity contribution is -0.343. The van der Waals surface area contributed by atoms with Gasteiger partial charge < -0.3 is 5.32 Å². The first-order chi connectivity index (χ1) is 16.8. The van der Waals surface area contributed by atoms with Gasteiger partial charge in [0, 0.05) is 16.8 Å². The largest absolute Gasteiger partial charge is 0.460 e. The quantitative estimate of drug-likeness (QED) is 0.215. The summed E-state index contributed by atoms with van der Waals surface area (Å²) < 4.78 is 90.7. The van der Waals surface area contributed by atoms with E-state index in [9.17, 15) is 35.5 Å². The first-order valence-corrected chi connectivity index (χ1v) is 10.3. The van der Waals surface area contributed by atoms with Gasteiger partial charge in [0.15, 0.2) is 0 Å². The van der Waals surface area contributed by atoms with Gasteiger partial charge in [0.1, 0.15) is 5.71 Å². The van der Waals surface area contributed by atoms with Crippen molar-refractivity contribution in [3.8, 4) is 0 Å². The summed E-state index contributed by atoms with van der Waals surface area (Å²) in [6.07, 6.45) is -6.62. The van der Waals surface area contributed by atoms with Crippen molar-refractivity contribution in [2.45, 2.75) is 24.9 Å². The third kappa shape index (κ3) is 5.61. The van der Waals surface area contributed by atoms with Gasteiger partial charge >= 0.3 is 23.9 Å². The zero-order chi connectivity index (χ0) is 26.6. The third-order valence-corrected chi connectivity index (χ3v) is 4.97. The van der Waals surface area contributed by atoms with Gasteiger partial charge in [-0.3, -0.25) is 4.79 Å². The lowest BCUT2D eigenvalue weighted by atomic mass is 10.0. The molecule has 0 spiro atoms. The summed E-state index contributed by atoms with van der Waals surface area (Å²) in [6.45, 7) is 1.52. The van der Waals surface area contributed by atoms with Crippen LogP contribution < -0.4 is 5.32 Å². The minimum Gasteiger partial charge on any atom is -0.321 e. The van der Waals surface area contributed by atoms with Gasteiger partial charge in [-0.2, -0.15) is 35.8 Å². The second-order valence-electron chi connectivity index (χ2n) is 7.55. The number of hydrogen-bond acceptors (Lipinski definition) is 3. The van der Waals surface area contributed by atoms with E-state index in [1.54, 1.807) is 0 Å². The van der Waals surface area contributed by atoms with Gasteiger partial charge in [0.25, 0.3) is 0 Å². The topological polar surface area (TPSA) is 53.8 Å². The van der Waals surface area contributed by atoms with Crippen LogP contribution in [0.3, 0.4) is 0 Å². The highest BCUT2D eigenvalue weighted by atomic mass is 19.4. The summed E-state index contributed by atoms with van der Waals surface area (Å²) in [5.41, 5.74) is 2.11. The molecule has 4 nitrogen and oxygen atoms in total. The molecule has 3 aromatic carbocycles. The lowest BCUT2D eigenvalue weighted by Crippen LogP contribution is -2.57. The number of anilines is 1. The fraction of sp³-hybridized carbons (Fsp3) is 0.160. The van der Waals surface area contributed by atoms with Crippen LogP contribution in [0.2, 0.25) is 0 Å². The van der Waals surface area contributed by atoms with Gasteiger partial charge in [-0.15, -0.1) is 5.10 Å². The molecule has 0 radical (unpaired) electrons. The molecule has 0 heterocycles. The molecule has 188 valence electrons. The number of carbonyl (C=O) groups is 1. The van der Waals surface area contributed by atoms with E-state index in [1.807, 2.05) is 60.7 Å². The number of nitrogens with zero attached hydrogens (tertiary/aromatic N) is 2. The molecule has 0 aromatic heterocycles. The van der Waals surface area contributed by atoms with Crippen molar-refractivity contribution in [1.82, 2.24) is 0 Å². The standard InChI is InChI=1S/C25H18F7N3O/c1-16(34-35-21(17-9-4-2-5-10-17)18-11-6-3-7-12-18)19-13-8-14-20(15-19)33-22(36)23(26,27)24(28,29)25(30,31)32/h2-15H,1H3,(H,33,36)/b34-16-. The predicted octanol–water partition coefficient (Wildman–Crippen LogP) is 6.72. The Bertz CT molecular complexity index is 1230. The van der Waals surface area contributed by atoms with Crippen molar-refractivity contribution in [1.29, 1.82) is 0 Å². The van der Waals surface area contributed by atoms with E-state index in [0.717, 1.165) is 23.3 Å². The number of carbonyl (C=O) groups excluding carboxylic acids is 1. The molecule has 0 aliphatic heterocycles. The van der Waals surface area contributed by atoms with Crippen molar-refractivity contribution < 1.29 is 35.5 Å². The summed E-state index contributed by atoms with van der Waals surface area (Å²) in [5, 5.41) is 9.88. The Morgan fingerprint density at radius 3 is 1.69 bits per heavy atom. The van der Waals surface area contributed by atoms with Crippen LogP contribution in [0.15, 0.2) is 95.1 Å². The Kier molecular flexibility index (Phi) is 7.61. The molecule has 0 aliphatic carbocycles. The molecule has 0 saturated heterocycles. The minimum absolute atomic E-state index is 0.253. The van der Waals surface area contributed by atoms with Crippen LogP contribution >= 0.6 is 0 Å². The highest BCUT2D eigenvalue weighted by molar-refractivity contribution is 6.13. The molecule has 1 amide bonds. The van der Waals surface area contributed by atoms with Gasteiger partial charge in [0.2, 0.25) is 0 Å². The number of amides is 1. The van der Waals surface area contributed by atoms with Crippen molar-refractivity contribution in [3.63, 3.8) is 0 Å².